The number of aromatic nitrogens is 3. The van der Waals surface area contributed by atoms with Gasteiger partial charge < -0.3 is 14.2 Å². The summed E-state index contributed by atoms with van der Waals surface area (Å²) in [5.41, 5.74) is 0. The molecule has 2 aromatic heterocycles. The highest BCUT2D eigenvalue weighted by molar-refractivity contribution is 7.09. The Morgan fingerprint density at radius 1 is 1.18 bits per heavy atom. The SMILES string of the molecule is COc1ccc(OCc2nc([C@H]3C[C@@H]4CC[C@H]3O4)n(Cc3cccs3)n2)cc1. The van der Waals surface area contributed by atoms with Crippen LogP contribution in [0.4, 0.5) is 0 Å². The van der Waals surface area contributed by atoms with Gasteiger partial charge in [0.1, 0.15) is 23.9 Å². The summed E-state index contributed by atoms with van der Waals surface area (Å²) in [4.78, 5) is 6.14. The molecule has 3 atom stereocenters. The van der Waals surface area contributed by atoms with E-state index in [1.165, 1.54) is 11.3 Å². The van der Waals surface area contributed by atoms with Gasteiger partial charge in [-0.25, -0.2) is 9.67 Å². The molecular weight excluding hydrogens is 374 g/mol. The monoisotopic (exact) mass is 397 g/mol. The zero-order valence-electron chi connectivity index (χ0n) is 15.8. The lowest BCUT2D eigenvalue weighted by Gasteiger charge is -2.18. The molecule has 4 heterocycles. The summed E-state index contributed by atoms with van der Waals surface area (Å²) in [7, 11) is 1.65. The predicted octanol–water partition coefficient (Wildman–Crippen LogP) is 4.01. The van der Waals surface area contributed by atoms with E-state index in [2.05, 4.69) is 17.5 Å². The Labute approximate surface area is 168 Å². The van der Waals surface area contributed by atoms with Crippen LogP contribution in [0.15, 0.2) is 41.8 Å². The summed E-state index contributed by atoms with van der Waals surface area (Å²) in [6.07, 6.45) is 4.02. The zero-order valence-corrected chi connectivity index (χ0v) is 16.6. The molecule has 146 valence electrons. The highest BCUT2D eigenvalue weighted by Crippen LogP contribution is 2.44. The van der Waals surface area contributed by atoms with Gasteiger partial charge in [-0.15, -0.1) is 11.3 Å². The second kappa shape index (κ2) is 7.56. The van der Waals surface area contributed by atoms with E-state index >= 15 is 0 Å². The third-order valence-corrected chi connectivity index (χ3v) is 6.36. The largest absolute Gasteiger partial charge is 0.497 e. The molecular formula is C21H23N3O3S. The van der Waals surface area contributed by atoms with Gasteiger partial charge >= 0.3 is 0 Å². The molecule has 0 radical (unpaired) electrons. The summed E-state index contributed by atoms with van der Waals surface area (Å²) in [5, 5.41) is 6.87. The topological polar surface area (TPSA) is 58.4 Å². The second-order valence-electron chi connectivity index (χ2n) is 7.30. The molecule has 2 fully saturated rings. The molecule has 28 heavy (non-hydrogen) atoms. The third-order valence-electron chi connectivity index (χ3n) is 5.49. The molecule has 0 spiro atoms. The normalized spacial score (nSPS) is 23.2. The summed E-state index contributed by atoms with van der Waals surface area (Å²) in [6, 6.07) is 11.8. The van der Waals surface area contributed by atoms with E-state index in [1.54, 1.807) is 18.4 Å². The average Bonchev–Trinajstić information content (AvgIpc) is 3.52. The number of methoxy groups -OCH3 is 1. The van der Waals surface area contributed by atoms with Crippen molar-refractivity contribution in [2.24, 2.45) is 0 Å². The van der Waals surface area contributed by atoms with Crippen molar-refractivity contribution >= 4 is 11.3 Å². The summed E-state index contributed by atoms with van der Waals surface area (Å²) in [6.45, 7) is 1.09. The van der Waals surface area contributed by atoms with Crippen molar-refractivity contribution in [3.63, 3.8) is 0 Å². The van der Waals surface area contributed by atoms with Crippen LogP contribution < -0.4 is 9.47 Å². The van der Waals surface area contributed by atoms with Crippen LogP contribution in [0.3, 0.4) is 0 Å². The van der Waals surface area contributed by atoms with E-state index in [9.17, 15) is 0 Å². The molecule has 2 aliphatic rings. The molecule has 2 bridgehead atoms. The first-order valence-electron chi connectivity index (χ1n) is 9.67. The fourth-order valence-corrected chi connectivity index (χ4v) is 4.82. The van der Waals surface area contributed by atoms with Crippen molar-refractivity contribution in [1.29, 1.82) is 0 Å². The molecule has 0 unspecified atom stereocenters. The fourth-order valence-electron chi connectivity index (χ4n) is 4.13. The van der Waals surface area contributed by atoms with Crippen molar-refractivity contribution in [3.8, 4) is 11.5 Å². The minimum atomic E-state index is 0.284. The van der Waals surface area contributed by atoms with E-state index in [0.717, 1.165) is 36.7 Å². The standard InChI is InChI=1S/C21H23N3O3S/c1-25-14-4-6-15(7-5-14)26-13-20-22-21(18-11-16-8-9-19(18)27-16)24(23-20)12-17-3-2-10-28-17/h2-7,10,16,18-19H,8-9,11-13H2,1H3/t16-,18-,19+/m0/s1. The maximum atomic E-state index is 6.07. The molecule has 0 amide bonds. The molecule has 0 saturated carbocycles. The van der Waals surface area contributed by atoms with Crippen molar-refractivity contribution < 1.29 is 14.2 Å². The highest BCUT2D eigenvalue weighted by atomic mass is 32.1. The van der Waals surface area contributed by atoms with Crippen LogP contribution in [0.25, 0.3) is 0 Å². The maximum absolute atomic E-state index is 6.07. The maximum Gasteiger partial charge on any atom is 0.188 e. The Kier molecular flexibility index (Phi) is 4.78. The molecule has 2 saturated heterocycles. The number of ether oxygens (including phenoxy) is 3. The van der Waals surface area contributed by atoms with Gasteiger partial charge in [0.25, 0.3) is 0 Å². The van der Waals surface area contributed by atoms with Gasteiger partial charge in [0.15, 0.2) is 5.82 Å². The number of hydrogen-bond acceptors (Lipinski definition) is 6. The third kappa shape index (κ3) is 3.52. The van der Waals surface area contributed by atoms with E-state index in [4.69, 9.17) is 24.3 Å². The summed E-state index contributed by atoms with van der Waals surface area (Å²) < 4.78 is 19.2. The van der Waals surface area contributed by atoms with Crippen molar-refractivity contribution in [2.45, 2.75) is 50.5 Å². The Hall–Kier alpha value is -2.38. The second-order valence-corrected chi connectivity index (χ2v) is 8.34. The van der Waals surface area contributed by atoms with Gasteiger partial charge in [-0.3, -0.25) is 0 Å². The lowest BCUT2D eigenvalue weighted by molar-refractivity contribution is 0.0995. The Bertz CT molecular complexity index is 923. The number of nitrogens with zero attached hydrogens (tertiary/aromatic N) is 3. The van der Waals surface area contributed by atoms with Gasteiger partial charge in [-0.2, -0.15) is 5.10 Å². The molecule has 0 aliphatic carbocycles. The molecule has 0 N–H and O–H groups in total. The summed E-state index contributed by atoms with van der Waals surface area (Å²) in [5.74, 6) is 3.67. The molecule has 6 nitrogen and oxygen atoms in total. The first kappa shape index (κ1) is 17.7. The average molecular weight is 398 g/mol. The zero-order chi connectivity index (χ0) is 18.9. The minimum absolute atomic E-state index is 0.284. The molecule has 1 aromatic carbocycles. The Morgan fingerprint density at radius 3 is 2.71 bits per heavy atom. The first-order chi connectivity index (χ1) is 13.8. The van der Waals surface area contributed by atoms with Crippen LogP contribution in [0.5, 0.6) is 11.5 Å². The van der Waals surface area contributed by atoms with Gasteiger partial charge in [-0.1, -0.05) is 6.07 Å². The minimum Gasteiger partial charge on any atom is -0.497 e. The van der Waals surface area contributed by atoms with Crippen LogP contribution in [0, 0.1) is 0 Å². The van der Waals surface area contributed by atoms with Gasteiger partial charge in [0.05, 0.1) is 25.9 Å². The molecule has 7 heteroatoms. The van der Waals surface area contributed by atoms with Gasteiger partial charge in [-0.05, 0) is 55.0 Å². The fraction of sp³-hybridized carbons (Fsp3) is 0.429. The van der Waals surface area contributed by atoms with E-state index in [0.29, 0.717) is 24.5 Å². The lowest BCUT2D eigenvalue weighted by atomic mass is 9.88. The van der Waals surface area contributed by atoms with Gasteiger partial charge in [0, 0.05) is 10.8 Å². The Morgan fingerprint density at radius 2 is 2.04 bits per heavy atom. The van der Waals surface area contributed by atoms with Crippen LogP contribution in [-0.4, -0.2) is 34.1 Å². The first-order valence-corrected chi connectivity index (χ1v) is 10.5. The molecule has 3 aromatic rings. The van der Waals surface area contributed by atoms with E-state index < -0.39 is 0 Å². The number of hydrogen-bond donors (Lipinski definition) is 0. The van der Waals surface area contributed by atoms with Crippen LogP contribution in [-0.2, 0) is 17.9 Å². The van der Waals surface area contributed by atoms with Crippen LogP contribution in [0.2, 0.25) is 0 Å². The number of fused-ring (bicyclic) bond motifs is 2. The van der Waals surface area contributed by atoms with E-state index in [1.807, 2.05) is 28.9 Å². The number of benzene rings is 1. The number of thiophene rings is 1. The van der Waals surface area contributed by atoms with Crippen molar-refractivity contribution in [3.05, 3.63) is 58.3 Å². The van der Waals surface area contributed by atoms with E-state index in [-0.39, 0.29) is 6.10 Å². The van der Waals surface area contributed by atoms with Crippen molar-refractivity contribution in [2.75, 3.05) is 7.11 Å². The smallest absolute Gasteiger partial charge is 0.188 e. The van der Waals surface area contributed by atoms with Crippen LogP contribution in [0.1, 0.15) is 41.7 Å². The number of rotatable bonds is 7. The van der Waals surface area contributed by atoms with Crippen molar-refractivity contribution in [1.82, 2.24) is 14.8 Å². The quantitative estimate of drug-likeness (QED) is 0.603. The molecule has 5 rings (SSSR count). The summed E-state index contributed by atoms with van der Waals surface area (Å²) >= 11 is 1.74. The highest BCUT2D eigenvalue weighted by Gasteiger charge is 2.43. The van der Waals surface area contributed by atoms with Crippen LogP contribution >= 0.6 is 11.3 Å². The Balaban J connectivity index is 1.35. The van der Waals surface area contributed by atoms with Gasteiger partial charge in [0.2, 0.25) is 0 Å². The predicted molar refractivity (Wildman–Crippen MR) is 106 cm³/mol. The lowest BCUT2D eigenvalue weighted by Crippen LogP contribution is -2.19. The molecule has 2 aliphatic heterocycles.